The molecule has 13 heavy (non-hydrogen) atoms. The molecule has 1 atom stereocenters. The largest absolute Gasteiger partial charge is 0.335 e. The fraction of sp³-hybridized carbons (Fsp3) is 0.700. The van der Waals surface area contributed by atoms with E-state index in [1.54, 1.807) is 0 Å². The van der Waals surface area contributed by atoms with E-state index in [1.807, 2.05) is 0 Å². The standard InChI is InChI=1S/C10H16N2.ClH/c1-7-5-4-6-9-10(7)11-8(2)12(9)3;/h7H,4-6H2,1-3H3;1H. The topological polar surface area (TPSA) is 17.8 Å². The maximum Gasteiger partial charge on any atom is 0.105 e. The van der Waals surface area contributed by atoms with Gasteiger partial charge in [0.05, 0.1) is 5.69 Å². The summed E-state index contributed by atoms with van der Waals surface area (Å²) in [5, 5.41) is 0. The summed E-state index contributed by atoms with van der Waals surface area (Å²) in [6.45, 7) is 4.37. The first kappa shape index (κ1) is 10.6. The predicted octanol–water partition coefficient (Wildman–Crippen LogP) is 2.59. The van der Waals surface area contributed by atoms with Gasteiger partial charge in [0, 0.05) is 18.7 Å². The Morgan fingerprint density at radius 2 is 2.15 bits per heavy atom. The van der Waals surface area contributed by atoms with E-state index in [0.29, 0.717) is 5.92 Å². The quantitative estimate of drug-likeness (QED) is 0.630. The number of hydrogen-bond donors (Lipinski definition) is 0. The predicted molar refractivity (Wildman–Crippen MR) is 56.5 cm³/mol. The van der Waals surface area contributed by atoms with Crippen LogP contribution in [-0.2, 0) is 13.5 Å². The zero-order chi connectivity index (χ0) is 8.72. The average Bonchev–Trinajstić information content (AvgIpc) is 2.32. The van der Waals surface area contributed by atoms with Gasteiger partial charge in [-0.25, -0.2) is 4.98 Å². The third-order valence-electron chi connectivity index (χ3n) is 2.99. The van der Waals surface area contributed by atoms with Crippen LogP contribution in [0.15, 0.2) is 0 Å². The minimum atomic E-state index is 0. The lowest BCUT2D eigenvalue weighted by molar-refractivity contribution is 0.563. The molecular formula is C10H17ClN2. The summed E-state index contributed by atoms with van der Waals surface area (Å²) in [6.07, 6.45) is 3.85. The maximum atomic E-state index is 4.59. The van der Waals surface area contributed by atoms with Crippen molar-refractivity contribution in [3.8, 4) is 0 Å². The molecule has 1 aliphatic rings. The first-order valence-electron chi connectivity index (χ1n) is 4.72. The molecule has 0 saturated heterocycles. The Balaban J connectivity index is 0.000000845. The third-order valence-corrected chi connectivity index (χ3v) is 2.99. The number of nitrogens with zero attached hydrogens (tertiary/aromatic N) is 2. The van der Waals surface area contributed by atoms with Crippen LogP contribution < -0.4 is 0 Å². The van der Waals surface area contributed by atoms with E-state index in [0.717, 1.165) is 5.82 Å². The highest BCUT2D eigenvalue weighted by Crippen LogP contribution is 2.30. The lowest BCUT2D eigenvalue weighted by Gasteiger charge is -2.17. The molecule has 0 spiro atoms. The molecule has 2 rings (SSSR count). The molecule has 3 heteroatoms. The van der Waals surface area contributed by atoms with Gasteiger partial charge in [0.15, 0.2) is 0 Å². The molecule has 0 radical (unpaired) electrons. The third kappa shape index (κ3) is 1.60. The second kappa shape index (κ2) is 3.70. The van der Waals surface area contributed by atoms with Gasteiger partial charge in [0.1, 0.15) is 5.82 Å². The van der Waals surface area contributed by atoms with Crippen molar-refractivity contribution < 1.29 is 0 Å². The molecular weight excluding hydrogens is 184 g/mol. The number of hydrogen-bond acceptors (Lipinski definition) is 1. The van der Waals surface area contributed by atoms with Crippen LogP contribution in [0, 0.1) is 6.92 Å². The highest BCUT2D eigenvalue weighted by atomic mass is 35.5. The van der Waals surface area contributed by atoms with Gasteiger partial charge in [-0.1, -0.05) is 6.92 Å². The van der Waals surface area contributed by atoms with E-state index in [4.69, 9.17) is 0 Å². The number of halogens is 1. The smallest absolute Gasteiger partial charge is 0.105 e. The summed E-state index contributed by atoms with van der Waals surface area (Å²) in [4.78, 5) is 4.59. The van der Waals surface area contributed by atoms with Crippen LogP contribution >= 0.6 is 12.4 Å². The average molecular weight is 201 g/mol. The first-order valence-corrected chi connectivity index (χ1v) is 4.72. The van der Waals surface area contributed by atoms with Crippen LogP contribution in [0.3, 0.4) is 0 Å². The fourth-order valence-electron chi connectivity index (χ4n) is 2.08. The second-order valence-corrected chi connectivity index (χ2v) is 3.84. The minimum Gasteiger partial charge on any atom is -0.335 e. The maximum absolute atomic E-state index is 4.59. The van der Waals surface area contributed by atoms with Crippen molar-refractivity contribution in [3.63, 3.8) is 0 Å². The molecule has 1 heterocycles. The van der Waals surface area contributed by atoms with Crippen LogP contribution in [0.5, 0.6) is 0 Å². The second-order valence-electron chi connectivity index (χ2n) is 3.84. The van der Waals surface area contributed by atoms with Gasteiger partial charge >= 0.3 is 0 Å². The van der Waals surface area contributed by atoms with Crippen LogP contribution in [0.4, 0.5) is 0 Å². The number of aromatic nitrogens is 2. The zero-order valence-corrected chi connectivity index (χ0v) is 9.32. The van der Waals surface area contributed by atoms with Crippen LogP contribution in [-0.4, -0.2) is 9.55 Å². The number of aryl methyl sites for hydroxylation is 1. The molecule has 1 aromatic heterocycles. The van der Waals surface area contributed by atoms with Gasteiger partial charge in [-0.15, -0.1) is 12.4 Å². The SMILES string of the molecule is Cc1nc2c(n1C)CCCC2C.Cl. The molecule has 1 unspecified atom stereocenters. The molecule has 74 valence electrons. The van der Waals surface area contributed by atoms with Gasteiger partial charge < -0.3 is 4.57 Å². The molecule has 1 aromatic rings. The van der Waals surface area contributed by atoms with Crippen molar-refractivity contribution in [2.75, 3.05) is 0 Å². The normalized spacial score (nSPS) is 20.7. The summed E-state index contributed by atoms with van der Waals surface area (Å²) in [5.41, 5.74) is 2.81. The molecule has 0 aliphatic heterocycles. The van der Waals surface area contributed by atoms with Gasteiger partial charge in [-0.2, -0.15) is 0 Å². The van der Waals surface area contributed by atoms with Crippen molar-refractivity contribution in [2.24, 2.45) is 7.05 Å². The van der Waals surface area contributed by atoms with E-state index in [9.17, 15) is 0 Å². The summed E-state index contributed by atoms with van der Waals surface area (Å²) in [7, 11) is 2.12. The monoisotopic (exact) mass is 200 g/mol. The van der Waals surface area contributed by atoms with Crippen molar-refractivity contribution >= 4 is 12.4 Å². The lowest BCUT2D eigenvalue weighted by Crippen LogP contribution is -2.09. The van der Waals surface area contributed by atoms with Crippen LogP contribution in [0.25, 0.3) is 0 Å². The van der Waals surface area contributed by atoms with Crippen molar-refractivity contribution in [1.29, 1.82) is 0 Å². The lowest BCUT2D eigenvalue weighted by atomic mass is 9.91. The van der Waals surface area contributed by atoms with Crippen molar-refractivity contribution in [1.82, 2.24) is 9.55 Å². The Bertz CT molecular complexity index is 304. The number of rotatable bonds is 0. The van der Waals surface area contributed by atoms with Crippen LogP contribution in [0.1, 0.15) is 42.9 Å². The molecule has 0 saturated carbocycles. The first-order chi connectivity index (χ1) is 5.70. The Kier molecular flexibility index (Phi) is 3.01. The summed E-state index contributed by atoms with van der Waals surface area (Å²) in [6, 6.07) is 0. The molecule has 0 amide bonds. The van der Waals surface area contributed by atoms with Crippen molar-refractivity contribution in [3.05, 3.63) is 17.2 Å². The van der Waals surface area contributed by atoms with E-state index in [-0.39, 0.29) is 12.4 Å². The molecule has 1 aliphatic carbocycles. The Labute approximate surface area is 85.8 Å². The molecule has 0 N–H and O–H groups in total. The molecule has 2 nitrogen and oxygen atoms in total. The summed E-state index contributed by atoms with van der Waals surface area (Å²) < 4.78 is 2.24. The summed E-state index contributed by atoms with van der Waals surface area (Å²) >= 11 is 0. The highest BCUT2D eigenvalue weighted by Gasteiger charge is 2.21. The molecule has 0 fully saturated rings. The van der Waals surface area contributed by atoms with Gasteiger partial charge in [-0.05, 0) is 26.2 Å². The number of imidazole rings is 1. The fourth-order valence-corrected chi connectivity index (χ4v) is 2.08. The van der Waals surface area contributed by atoms with Gasteiger partial charge in [0.25, 0.3) is 0 Å². The summed E-state index contributed by atoms with van der Waals surface area (Å²) in [5.74, 6) is 1.84. The number of fused-ring (bicyclic) bond motifs is 1. The molecule has 0 aromatic carbocycles. The van der Waals surface area contributed by atoms with Crippen molar-refractivity contribution in [2.45, 2.75) is 39.0 Å². The van der Waals surface area contributed by atoms with E-state index in [2.05, 4.69) is 30.4 Å². The van der Waals surface area contributed by atoms with E-state index < -0.39 is 0 Å². The highest BCUT2D eigenvalue weighted by molar-refractivity contribution is 5.85. The van der Waals surface area contributed by atoms with Gasteiger partial charge in [0.2, 0.25) is 0 Å². The van der Waals surface area contributed by atoms with E-state index >= 15 is 0 Å². The Morgan fingerprint density at radius 1 is 1.46 bits per heavy atom. The van der Waals surface area contributed by atoms with E-state index in [1.165, 1.54) is 30.7 Å². The zero-order valence-electron chi connectivity index (χ0n) is 8.50. The molecule has 0 bridgehead atoms. The van der Waals surface area contributed by atoms with Gasteiger partial charge in [-0.3, -0.25) is 0 Å². The van der Waals surface area contributed by atoms with Crippen LogP contribution in [0.2, 0.25) is 0 Å². The Morgan fingerprint density at radius 3 is 2.77 bits per heavy atom. The minimum absolute atomic E-state index is 0. The Hall–Kier alpha value is -0.500.